The number of nitrogens with zero attached hydrogens (tertiary/aromatic N) is 1. The summed E-state index contributed by atoms with van der Waals surface area (Å²) in [6, 6.07) is 29.6. The molecular weight excluding hydrogens is 558 g/mol. The number of rotatable bonds is 11. The molecule has 1 atom stereocenters. The minimum absolute atomic E-state index is 0.235. The first-order valence-electron chi connectivity index (χ1n) is 16.2. The number of ether oxygens (including phenoxy) is 3. The van der Waals surface area contributed by atoms with Gasteiger partial charge in [0.2, 0.25) is 5.72 Å². The lowest BCUT2D eigenvalue weighted by molar-refractivity contribution is 0.0582. The molecule has 2 heterocycles. The van der Waals surface area contributed by atoms with Crippen molar-refractivity contribution in [1.82, 2.24) is 0 Å². The van der Waals surface area contributed by atoms with Gasteiger partial charge in [-0.1, -0.05) is 75.4 Å². The standard InChI is InChI=1S/C40H43NO4/c1-5-6-7-8-9-12-27-43-33-20-17-30(18-21-33)38(42)44-34-22-15-29(16-23-34)31-19-24-37-32(28-31)25-26-40(45-37)39(2,3)35-13-10-11-14-36(35)41(40)4/h10-11,13-26,28H,5-9,12,27H2,1-4H3. The highest BCUT2D eigenvalue weighted by molar-refractivity contribution is 5.91. The molecule has 232 valence electrons. The van der Waals surface area contributed by atoms with Gasteiger partial charge in [-0.05, 0) is 104 Å². The Bertz CT molecular complexity index is 1670. The van der Waals surface area contributed by atoms with Crippen LogP contribution in [0.2, 0.25) is 0 Å². The van der Waals surface area contributed by atoms with Gasteiger partial charge in [-0.15, -0.1) is 0 Å². The molecule has 0 bridgehead atoms. The number of hydrogen-bond acceptors (Lipinski definition) is 5. The quantitative estimate of drug-likeness (QED) is 0.0973. The zero-order chi connectivity index (χ0) is 31.4. The van der Waals surface area contributed by atoms with Crippen LogP contribution in [0.5, 0.6) is 17.2 Å². The lowest BCUT2D eigenvalue weighted by Crippen LogP contribution is -2.58. The van der Waals surface area contributed by atoms with E-state index in [0.29, 0.717) is 17.9 Å². The normalized spacial score (nSPS) is 17.5. The maximum absolute atomic E-state index is 12.8. The summed E-state index contributed by atoms with van der Waals surface area (Å²) in [6.45, 7) is 7.41. The fraction of sp³-hybridized carbons (Fsp3) is 0.325. The molecule has 2 aliphatic rings. The SMILES string of the molecule is CCCCCCCCOc1ccc(C(=O)Oc2ccc(-c3ccc4c(c3)C=CC3(O4)N(C)c4ccccc4C3(C)C)cc2)cc1. The van der Waals surface area contributed by atoms with Gasteiger partial charge in [-0.25, -0.2) is 4.79 Å². The second-order valence-electron chi connectivity index (χ2n) is 12.6. The topological polar surface area (TPSA) is 48.0 Å². The average Bonchev–Trinajstić information content (AvgIpc) is 3.22. The van der Waals surface area contributed by atoms with Crippen molar-refractivity contribution in [2.24, 2.45) is 0 Å². The summed E-state index contributed by atoms with van der Waals surface area (Å²) < 4.78 is 18.3. The third kappa shape index (κ3) is 5.96. The molecule has 5 nitrogen and oxygen atoms in total. The van der Waals surface area contributed by atoms with Crippen molar-refractivity contribution in [2.75, 3.05) is 18.6 Å². The maximum Gasteiger partial charge on any atom is 0.343 e. The first kappa shape index (κ1) is 30.5. The van der Waals surface area contributed by atoms with E-state index < -0.39 is 11.7 Å². The summed E-state index contributed by atoms with van der Waals surface area (Å²) in [5, 5.41) is 0. The number of carbonyl (C=O) groups is 1. The van der Waals surface area contributed by atoms with Crippen LogP contribution < -0.4 is 19.1 Å². The number of carbonyl (C=O) groups excluding carboxylic acids is 1. The predicted octanol–water partition coefficient (Wildman–Crippen LogP) is 9.84. The minimum Gasteiger partial charge on any atom is -0.494 e. The van der Waals surface area contributed by atoms with Crippen LogP contribution in [0.25, 0.3) is 17.2 Å². The fourth-order valence-corrected chi connectivity index (χ4v) is 6.60. The monoisotopic (exact) mass is 601 g/mol. The molecule has 1 unspecified atom stereocenters. The van der Waals surface area contributed by atoms with E-state index in [9.17, 15) is 4.79 Å². The van der Waals surface area contributed by atoms with Gasteiger partial charge in [0, 0.05) is 18.3 Å². The van der Waals surface area contributed by atoms with Gasteiger partial charge in [0.1, 0.15) is 17.2 Å². The fourth-order valence-electron chi connectivity index (χ4n) is 6.60. The van der Waals surface area contributed by atoms with Gasteiger partial charge in [0.25, 0.3) is 0 Å². The highest BCUT2D eigenvalue weighted by Gasteiger charge is 2.57. The second-order valence-corrected chi connectivity index (χ2v) is 12.6. The Morgan fingerprint density at radius 1 is 0.800 bits per heavy atom. The smallest absolute Gasteiger partial charge is 0.343 e. The van der Waals surface area contributed by atoms with Crippen molar-refractivity contribution in [3.8, 4) is 28.4 Å². The molecule has 2 aliphatic heterocycles. The van der Waals surface area contributed by atoms with Crippen LogP contribution in [0.3, 0.4) is 0 Å². The van der Waals surface area contributed by atoms with Crippen LogP contribution in [-0.4, -0.2) is 25.3 Å². The third-order valence-corrected chi connectivity index (χ3v) is 9.35. The molecule has 0 aromatic heterocycles. The number of benzene rings is 4. The second kappa shape index (κ2) is 12.8. The molecule has 45 heavy (non-hydrogen) atoms. The Morgan fingerprint density at radius 3 is 2.24 bits per heavy atom. The van der Waals surface area contributed by atoms with Crippen molar-refractivity contribution in [3.05, 3.63) is 114 Å². The van der Waals surface area contributed by atoms with Crippen molar-refractivity contribution in [1.29, 1.82) is 0 Å². The van der Waals surface area contributed by atoms with Crippen molar-refractivity contribution in [2.45, 2.75) is 70.4 Å². The maximum atomic E-state index is 12.8. The molecular formula is C40H43NO4. The summed E-state index contributed by atoms with van der Waals surface area (Å²) in [7, 11) is 2.10. The largest absolute Gasteiger partial charge is 0.494 e. The molecule has 4 aromatic carbocycles. The van der Waals surface area contributed by atoms with E-state index in [0.717, 1.165) is 34.6 Å². The van der Waals surface area contributed by atoms with Gasteiger partial charge in [0.05, 0.1) is 17.6 Å². The van der Waals surface area contributed by atoms with Crippen LogP contribution in [0.15, 0.2) is 97.1 Å². The van der Waals surface area contributed by atoms with E-state index in [2.05, 4.69) is 87.3 Å². The van der Waals surface area contributed by atoms with Gasteiger partial charge in [-0.3, -0.25) is 0 Å². The highest BCUT2D eigenvalue weighted by atomic mass is 16.5. The molecule has 0 aliphatic carbocycles. The third-order valence-electron chi connectivity index (χ3n) is 9.35. The summed E-state index contributed by atoms with van der Waals surface area (Å²) in [4.78, 5) is 15.0. The van der Waals surface area contributed by atoms with Crippen molar-refractivity contribution < 1.29 is 19.0 Å². The Morgan fingerprint density at radius 2 is 1.49 bits per heavy atom. The summed E-state index contributed by atoms with van der Waals surface area (Å²) in [5.41, 5.74) is 5.26. The molecule has 0 radical (unpaired) electrons. The first-order chi connectivity index (χ1) is 21.8. The van der Waals surface area contributed by atoms with Crippen molar-refractivity contribution in [3.63, 3.8) is 0 Å². The van der Waals surface area contributed by atoms with Crippen LogP contribution >= 0.6 is 0 Å². The van der Waals surface area contributed by atoms with E-state index >= 15 is 0 Å². The molecule has 0 saturated carbocycles. The van der Waals surface area contributed by atoms with E-state index in [-0.39, 0.29) is 5.41 Å². The number of anilines is 1. The number of hydrogen-bond donors (Lipinski definition) is 0. The highest BCUT2D eigenvalue weighted by Crippen LogP contribution is 2.54. The van der Waals surface area contributed by atoms with Gasteiger partial charge < -0.3 is 19.1 Å². The summed E-state index contributed by atoms with van der Waals surface area (Å²) >= 11 is 0. The van der Waals surface area contributed by atoms with E-state index in [1.54, 1.807) is 12.1 Å². The van der Waals surface area contributed by atoms with E-state index in [1.165, 1.54) is 43.4 Å². The zero-order valence-electron chi connectivity index (χ0n) is 26.8. The first-order valence-corrected chi connectivity index (χ1v) is 16.2. The molecule has 0 saturated heterocycles. The van der Waals surface area contributed by atoms with Crippen LogP contribution in [0, 0.1) is 0 Å². The molecule has 1 spiro atoms. The average molecular weight is 602 g/mol. The van der Waals surface area contributed by atoms with Crippen molar-refractivity contribution >= 4 is 17.7 Å². The molecule has 0 N–H and O–H groups in total. The van der Waals surface area contributed by atoms with Crippen LogP contribution in [-0.2, 0) is 5.41 Å². The van der Waals surface area contributed by atoms with Gasteiger partial charge in [-0.2, -0.15) is 0 Å². The van der Waals surface area contributed by atoms with Crippen LogP contribution in [0.1, 0.15) is 80.8 Å². The number of unbranched alkanes of at least 4 members (excludes halogenated alkanes) is 5. The minimum atomic E-state index is -0.600. The van der Waals surface area contributed by atoms with Crippen LogP contribution in [0.4, 0.5) is 5.69 Å². The lowest BCUT2D eigenvalue weighted by atomic mass is 9.76. The lowest BCUT2D eigenvalue weighted by Gasteiger charge is -2.45. The predicted molar refractivity (Wildman–Crippen MR) is 182 cm³/mol. The summed E-state index contributed by atoms with van der Waals surface area (Å²) in [6.07, 6.45) is 11.7. The number of fused-ring (bicyclic) bond motifs is 2. The zero-order valence-corrected chi connectivity index (χ0v) is 26.8. The van der Waals surface area contributed by atoms with Gasteiger partial charge in [0.15, 0.2) is 0 Å². The van der Waals surface area contributed by atoms with E-state index in [4.69, 9.17) is 14.2 Å². The number of para-hydroxylation sites is 1. The Kier molecular flexibility index (Phi) is 8.71. The number of likely N-dealkylation sites (N-methyl/N-ethyl adjacent to an activating group) is 1. The molecule has 5 heteroatoms. The van der Waals surface area contributed by atoms with E-state index in [1.807, 2.05) is 36.4 Å². The Labute approximate surface area is 267 Å². The molecule has 0 amide bonds. The molecule has 0 fully saturated rings. The summed E-state index contributed by atoms with van der Waals surface area (Å²) in [5.74, 6) is 1.74. The Hall–Kier alpha value is -4.51. The Balaban J connectivity index is 1.06. The molecule has 4 aromatic rings. The van der Waals surface area contributed by atoms with Gasteiger partial charge >= 0.3 is 5.97 Å². The molecule has 6 rings (SSSR count). The number of esters is 1.